The molecule has 7 heteroatoms. The van der Waals surface area contributed by atoms with Crippen molar-refractivity contribution >= 4 is 17.8 Å². The predicted molar refractivity (Wildman–Crippen MR) is 54.2 cm³/mol. The molecule has 0 bridgehead atoms. The number of carbonyl (C=O) groups excluding carboxylic acids is 3. The Kier molecular flexibility index (Phi) is 6.34. The van der Waals surface area contributed by atoms with Crippen LogP contribution >= 0.6 is 0 Å². The van der Waals surface area contributed by atoms with Gasteiger partial charge in [-0.05, 0) is 6.92 Å². The van der Waals surface area contributed by atoms with E-state index in [2.05, 4.69) is 10.1 Å². The molecule has 16 heavy (non-hydrogen) atoms. The Morgan fingerprint density at radius 3 is 2.56 bits per heavy atom. The van der Waals surface area contributed by atoms with Crippen molar-refractivity contribution < 1.29 is 24.2 Å². The van der Waals surface area contributed by atoms with Crippen molar-refractivity contribution in [3.05, 3.63) is 11.8 Å². The molecule has 0 aliphatic rings. The van der Waals surface area contributed by atoms with Crippen molar-refractivity contribution in [3.63, 3.8) is 0 Å². The number of carbonyl (C=O) groups is 3. The normalized spacial score (nSPS) is 10.7. The van der Waals surface area contributed by atoms with E-state index in [0.717, 1.165) is 0 Å². The van der Waals surface area contributed by atoms with E-state index in [9.17, 15) is 14.4 Å². The van der Waals surface area contributed by atoms with Crippen LogP contribution in [-0.4, -0.2) is 36.0 Å². The lowest BCUT2D eigenvalue weighted by atomic mass is 10.3. The van der Waals surface area contributed by atoms with Crippen LogP contribution < -0.4 is 11.1 Å². The molecule has 0 aromatic heterocycles. The van der Waals surface area contributed by atoms with Gasteiger partial charge in [-0.25, -0.2) is 0 Å². The maximum Gasteiger partial charge on any atom is 0.307 e. The first-order valence-electron chi connectivity index (χ1n) is 4.61. The van der Waals surface area contributed by atoms with Gasteiger partial charge in [0.25, 0.3) is 5.91 Å². The second kappa shape index (κ2) is 7.27. The van der Waals surface area contributed by atoms with Gasteiger partial charge in [0.15, 0.2) is 5.76 Å². The van der Waals surface area contributed by atoms with Crippen molar-refractivity contribution in [2.75, 3.05) is 13.2 Å². The monoisotopic (exact) mass is 230 g/mol. The molecule has 7 nitrogen and oxygen atoms in total. The van der Waals surface area contributed by atoms with Crippen molar-refractivity contribution in [3.8, 4) is 0 Å². The number of aliphatic hydroxyl groups is 1. The number of primary amides is 1. The molecule has 0 spiro atoms. The first-order chi connectivity index (χ1) is 7.47. The summed E-state index contributed by atoms with van der Waals surface area (Å²) in [6, 6.07) is 0. The molecule has 90 valence electrons. The molecule has 0 aromatic rings. The molecule has 0 unspecified atom stereocenters. The van der Waals surface area contributed by atoms with Crippen LogP contribution in [0.2, 0.25) is 0 Å². The fraction of sp³-hybridized carbons (Fsp3) is 0.444. The van der Waals surface area contributed by atoms with Gasteiger partial charge in [0.2, 0.25) is 5.91 Å². The van der Waals surface area contributed by atoms with Crippen LogP contribution in [0.1, 0.15) is 13.3 Å². The third-order valence-corrected chi connectivity index (χ3v) is 1.43. The van der Waals surface area contributed by atoms with E-state index in [1.165, 1.54) is 0 Å². The standard InChI is InChI=1S/C9H14N2O5/c1-2-16-8(14)3-4-11-9(15)6(12)5-7(10)13/h5,12H,2-4H2,1H3,(H2,10,13)(H,11,15)/b6-5-. The minimum Gasteiger partial charge on any atom is -0.503 e. The zero-order chi connectivity index (χ0) is 12.6. The average Bonchev–Trinajstić information content (AvgIpc) is 2.16. The van der Waals surface area contributed by atoms with Gasteiger partial charge in [-0.2, -0.15) is 0 Å². The van der Waals surface area contributed by atoms with E-state index in [1.807, 2.05) is 0 Å². The molecule has 0 aliphatic carbocycles. The molecule has 0 atom stereocenters. The van der Waals surface area contributed by atoms with Crippen LogP contribution in [-0.2, 0) is 19.1 Å². The van der Waals surface area contributed by atoms with E-state index in [-0.39, 0.29) is 19.6 Å². The maximum absolute atomic E-state index is 11.0. The number of hydrogen-bond acceptors (Lipinski definition) is 5. The van der Waals surface area contributed by atoms with Gasteiger partial charge >= 0.3 is 5.97 Å². The summed E-state index contributed by atoms with van der Waals surface area (Å²) in [5.41, 5.74) is 4.72. The van der Waals surface area contributed by atoms with Gasteiger partial charge in [-0.1, -0.05) is 0 Å². The largest absolute Gasteiger partial charge is 0.503 e. The number of nitrogens with one attached hydrogen (secondary N) is 1. The van der Waals surface area contributed by atoms with Crippen LogP contribution in [0.3, 0.4) is 0 Å². The van der Waals surface area contributed by atoms with Crippen molar-refractivity contribution in [1.82, 2.24) is 5.32 Å². The number of amides is 2. The van der Waals surface area contributed by atoms with Crippen molar-refractivity contribution in [1.29, 1.82) is 0 Å². The lowest BCUT2D eigenvalue weighted by Gasteiger charge is -2.03. The lowest BCUT2D eigenvalue weighted by molar-refractivity contribution is -0.143. The highest BCUT2D eigenvalue weighted by Crippen LogP contribution is 1.89. The molecule has 0 aromatic carbocycles. The van der Waals surface area contributed by atoms with Gasteiger partial charge < -0.3 is 20.9 Å². The summed E-state index contributed by atoms with van der Waals surface area (Å²) in [6.45, 7) is 1.94. The Hall–Kier alpha value is -2.05. The zero-order valence-corrected chi connectivity index (χ0v) is 8.86. The van der Waals surface area contributed by atoms with Crippen LogP contribution in [0.15, 0.2) is 11.8 Å². The summed E-state index contributed by atoms with van der Waals surface area (Å²) in [4.78, 5) is 32.2. The number of esters is 1. The minimum absolute atomic E-state index is 0.00826. The summed E-state index contributed by atoms with van der Waals surface area (Å²) in [6.07, 6.45) is 0.573. The summed E-state index contributed by atoms with van der Waals surface area (Å²) in [7, 11) is 0. The first kappa shape index (κ1) is 13.9. The fourth-order valence-electron chi connectivity index (χ4n) is 0.802. The molecule has 4 N–H and O–H groups in total. The van der Waals surface area contributed by atoms with Crippen LogP contribution in [0.4, 0.5) is 0 Å². The zero-order valence-electron chi connectivity index (χ0n) is 8.86. The topological polar surface area (TPSA) is 119 Å². The Morgan fingerprint density at radius 2 is 2.06 bits per heavy atom. The van der Waals surface area contributed by atoms with Gasteiger partial charge in [-0.15, -0.1) is 0 Å². The quantitative estimate of drug-likeness (QED) is 0.306. The number of hydrogen-bond donors (Lipinski definition) is 3. The van der Waals surface area contributed by atoms with E-state index >= 15 is 0 Å². The van der Waals surface area contributed by atoms with Crippen molar-refractivity contribution in [2.45, 2.75) is 13.3 Å². The van der Waals surface area contributed by atoms with E-state index in [0.29, 0.717) is 6.08 Å². The Balaban J connectivity index is 3.90. The number of aliphatic hydroxyl groups excluding tert-OH is 1. The molecule has 2 amide bonds. The van der Waals surface area contributed by atoms with Crippen LogP contribution in [0.5, 0.6) is 0 Å². The Bertz CT molecular complexity index is 311. The lowest BCUT2D eigenvalue weighted by Crippen LogP contribution is -2.28. The molecule has 0 rings (SSSR count). The minimum atomic E-state index is -0.932. The smallest absolute Gasteiger partial charge is 0.307 e. The van der Waals surface area contributed by atoms with E-state index in [4.69, 9.17) is 10.8 Å². The van der Waals surface area contributed by atoms with Crippen molar-refractivity contribution in [2.24, 2.45) is 5.73 Å². The summed E-state index contributed by atoms with van der Waals surface area (Å²) >= 11 is 0. The van der Waals surface area contributed by atoms with Crippen LogP contribution in [0.25, 0.3) is 0 Å². The molecule has 0 saturated carbocycles. The Morgan fingerprint density at radius 1 is 1.44 bits per heavy atom. The van der Waals surface area contributed by atoms with E-state index in [1.54, 1.807) is 6.92 Å². The molecule has 0 aliphatic heterocycles. The Labute approximate surface area is 92.3 Å². The van der Waals surface area contributed by atoms with Gasteiger partial charge in [-0.3, -0.25) is 14.4 Å². The highest BCUT2D eigenvalue weighted by Gasteiger charge is 2.09. The summed E-state index contributed by atoms with van der Waals surface area (Å²) < 4.78 is 4.61. The molecular formula is C9H14N2O5. The number of rotatable bonds is 6. The third-order valence-electron chi connectivity index (χ3n) is 1.43. The van der Waals surface area contributed by atoms with Gasteiger partial charge in [0.1, 0.15) is 0 Å². The van der Waals surface area contributed by atoms with Crippen LogP contribution in [0, 0.1) is 0 Å². The molecular weight excluding hydrogens is 216 g/mol. The third kappa shape index (κ3) is 6.41. The number of ether oxygens (including phenoxy) is 1. The number of nitrogens with two attached hydrogens (primary N) is 1. The highest BCUT2D eigenvalue weighted by atomic mass is 16.5. The first-order valence-corrected chi connectivity index (χ1v) is 4.61. The molecule has 0 fully saturated rings. The van der Waals surface area contributed by atoms with E-state index < -0.39 is 23.5 Å². The predicted octanol–water partition coefficient (Wildman–Crippen LogP) is -1.02. The van der Waals surface area contributed by atoms with Gasteiger partial charge in [0, 0.05) is 6.54 Å². The molecule has 0 heterocycles. The SMILES string of the molecule is CCOC(=O)CCNC(=O)/C(O)=C/C(N)=O. The van der Waals surface area contributed by atoms with Gasteiger partial charge in [0.05, 0.1) is 19.1 Å². The second-order valence-corrected chi connectivity index (χ2v) is 2.74. The highest BCUT2D eigenvalue weighted by molar-refractivity contribution is 5.98. The fourth-order valence-corrected chi connectivity index (χ4v) is 0.802. The molecule has 0 radical (unpaired) electrons. The molecule has 0 saturated heterocycles. The maximum atomic E-state index is 11.0. The summed E-state index contributed by atoms with van der Waals surface area (Å²) in [5.74, 6) is -3.06. The average molecular weight is 230 g/mol. The second-order valence-electron chi connectivity index (χ2n) is 2.74. The summed E-state index contributed by atoms with van der Waals surface area (Å²) in [5, 5.41) is 11.2.